The lowest BCUT2D eigenvalue weighted by Crippen LogP contribution is -2.34. The zero-order chi connectivity index (χ0) is 15.4. The topological polar surface area (TPSA) is 72.9 Å². The van der Waals surface area contributed by atoms with Crippen LogP contribution in [-0.4, -0.2) is 30.0 Å². The van der Waals surface area contributed by atoms with Gasteiger partial charge in [0.2, 0.25) is 11.8 Å². The molecule has 2 bridgehead atoms. The van der Waals surface area contributed by atoms with E-state index in [0.29, 0.717) is 5.69 Å². The summed E-state index contributed by atoms with van der Waals surface area (Å²) in [5.41, 5.74) is 0.307. The Balaban J connectivity index is 1.74. The van der Waals surface area contributed by atoms with Crippen LogP contribution in [0.4, 0.5) is 5.69 Å². The molecule has 22 heavy (non-hydrogen) atoms. The third-order valence-corrected chi connectivity index (χ3v) is 4.27. The number of carbonyl (C=O) groups excluding carboxylic acids is 3. The molecule has 0 saturated carbocycles. The van der Waals surface area contributed by atoms with Gasteiger partial charge >= 0.3 is 5.97 Å². The van der Waals surface area contributed by atoms with Crippen molar-refractivity contribution in [3.05, 3.63) is 36.4 Å². The standard InChI is InChI=1S/C16H13NO5/c1-8(18)21-10-5-3-2-4-9(10)17-15(19)13-11-6-7-12(22-11)14(13)16(17)20/h2-7,11-14H,1H3/t11-,12+,13-,14+. The molecule has 2 saturated heterocycles. The van der Waals surface area contributed by atoms with Crippen LogP contribution < -0.4 is 9.64 Å². The quantitative estimate of drug-likeness (QED) is 0.353. The SMILES string of the molecule is CC(=O)Oc1ccccc1N1C(=O)[C@@H]2[C@H](C1=O)[C@H]1C=C[C@@H]2O1. The van der Waals surface area contributed by atoms with Crippen molar-refractivity contribution < 1.29 is 23.9 Å². The van der Waals surface area contributed by atoms with E-state index in [1.165, 1.54) is 6.92 Å². The summed E-state index contributed by atoms with van der Waals surface area (Å²) in [6, 6.07) is 6.54. The van der Waals surface area contributed by atoms with Gasteiger partial charge in [-0.15, -0.1) is 0 Å². The smallest absolute Gasteiger partial charge is 0.308 e. The highest BCUT2D eigenvalue weighted by atomic mass is 16.5. The first-order valence-electron chi connectivity index (χ1n) is 7.07. The molecule has 3 heterocycles. The average Bonchev–Trinajstić information content (AvgIpc) is 3.14. The molecule has 0 aromatic heterocycles. The van der Waals surface area contributed by atoms with Crippen LogP contribution in [0, 0.1) is 11.8 Å². The Hall–Kier alpha value is -2.47. The number of hydrogen-bond acceptors (Lipinski definition) is 5. The molecule has 6 nitrogen and oxygen atoms in total. The van der Waals surface area contributed by atoms with Crippen LogP contribution in [0.3, 0.4) is 0 Å². The van der Waals surface area contributed by atoms with Crippen molar-refractivity contribution >= 4 is 23.5 Å². The number of hydrogen-bond donors (Lipinski definition) is 0. The Labute approximate surface area is 126 Å². The lowest BCUT2D eigenvalue weighted by Gasteiger charge is -2.19. The largest absolute Gasteiger partial charge is 0.424 e. The van der Waals surface area contributed by atoms with Gasteiger partial charge in [-0.1, -0.05) is 24.3 Å². The molecule has 3 aliphatic heterocycles. The van der Waals surface area contributed by atoms with Gasteiger partial charge in [-0.05, 0) is 12.1 Å². The summed E-state index contributed by atoms with van der Waals surface area (Å²) >= 11 is 0. The van der Waals surface area contributed by atoms with Crippen molar-refractivity contribution in [2.24, 2.45) is 11.8 Å². The fourth-order valence-corrected chi connectivity index (χ4v) is 3.42. The Kier molecular flexibility index (Phi) is 2.71. The molecule has 0 N–H and O–H groups in total. The maximum Gasteiger partial charge on any atom is 0.308 e. The second kappa shape index (κ2) is 4.51. The van der Waals surface area contributed by atoms with Crippen molar-refractivity contribution in [3.63, 3.8) is 0 Å². The molecule has 0 spiro atoms. The number of para-hydroxylation sites is 2. The minimum Gasteiger partial charge on any atom is -0.424 e. The van der Waals surface area contributed by atoms with Gasteiger partial charge in [-0.2, -0.15) is 0 Å². The van der Waals surface area contributed by atoms with Crippen LogP contribution in [0.1, 0.15) is 6.92 Å². The summed E-state index contributed by atoms with van der Waals surface area (Å²) in [4.78, 5) is 37.7. The second-order valence-corrected chi connectivity index (χ2v) is 5.58. The molecular formula is C16H13NO5. The Morgan fingerprint density at radius 2 is 1.68 bits per heavy atom. The Morgan fingerprint density at radius 3 is 2.27 bits per heavy atom. The lowest BCUT2D eigenvalue weighted by molar-refractivity contribution is -0.132. The normalized spacial score (nSPS) is 31.8. The number of rotatable bonds is 2. The average molecular weight is 299 g/mol. The van der Waals surface area contributed by atoms with Crippen molar-refractivity contribution in [1.82, 2.24) is 0 Å². The zero-order valence-corrected chi connectivity index (χ0v) is 11.8. The molecule has 2 fully saturated rings. The number of anilines is 1. The summed E-state index contributed by atoms with van der Waals surface area (Å²) in [6.07, 6.45) is 2.99. The molecule has 2 amide bonds. The molecular weight excluding hydrogens is 286 g/mol. The van der Waals surface area contributed by atoms with Gasteiger partial charge in [0.05, 0.1) is 29.7 Å². The van der Waals surface area contributed by atoms with Crippen molar-refractivity contribution in [2.75, 3.05) is 4.90 Å². The second-order valence-electron chi connectivity index (χ2n) is 5.58. The van der Waals surface area contributed by atoms with E-state index in [2.05, 4.69) is 0 Å². The van der Waals surface area contributed by atoms with Gasteiger partial charge in [0, 0.05) is 6.92 Å². The number of benzene rings is 1. The number of carbonyl (C=O) groups is 3. The molecule has 0 aliphatic carbocycles. The van der Waals surface area contributed by atoms with Crippen LogP contribution in [0.2, 0.25) is 0 Å². The van der Waals surface area contributed by atoms with Gasteiger partial charge in [-0.25, -0.2) is 4.90 Å². The monoisotopic (exact) mass is 299 g/mol. The van der Waals surface area contributed by atoms with Crippen LogP contribution in [-0.2, 0) is 19.1 Å². The summed E-state index contributed by atoms with van der Waals surface area (Å²) in [6.45, 7) is 1.27. The fraction of sp³-hybridized carbons (Fsp3) is 0.312. The van der Waals surface area contributed by atoms with E-state index >= 15 is 0 Å². The van der Waals surface area contributed by atoms with E-state index in [9.17, 15) is 14.4 Å². The third kappa shape index (κ3) is 1.67. The Bertz CT molecular complexity index is 695. The summed E-state index contributed by atoms with van der Waals surface area (Å²) < 4.78 is 10.7. The maximum atomic E-state index is 12.7. The fourth-order valence-electron chi connectivity index (χ4n) is 3.42. The number of ether oxygens (including phenoxy) is 2. The summed E-state index contributed by atoms with van der Waals surface area (Å²) in [7, 11) is 0. The molecule has 6 heteroatoms. The van der Waals surface area contributed by atoms with Gasteiger partial charge in [0.25, 0.3) is 0 Å². The minimum absolute atomic E-state index is 0.206. The lowest BCUT2D eigenvalue weighted by atomic mass is 9.85. The van der Waals surface area contributed by atoms with Crippen molar-refractivity contribution in [2.45, 2.75) is 19.1 Å². The zero-order valence-electron chi connectivity index (χ0n) is 11.8. The van der Waals surface area contributed by atoms with Gasteiger partial charge in [0.1, 0.15) is 0 Å². The van der Waals surface area contributed by atoms with Crippen LogP contribution >= 0.6 is 0 Å². The predicted molar refractivity (Wildman–Crippen MR) is 75.0 cm³/mol. The molecule has 0 radical (unpaired) electrons. The van der Waals surface area contributed by atoms with Crippen LogP contribution in [0.15, 0.2) is 36.4 Å². The van der Waals surface area contributed by atoms with Gasteiger partial charge < -0.3 is 9.47 Å². The van der Waals surface area contributed by atoms with E-state index < -0.39 is 17.8 Å². The molecule has 3 aliphatic rings. The van der Waals surface area contributed by atoms with Crippen LogP contribution in [0.5, 0.6) is 5.75 Å². The molecule has 4 rings (SSSR count). The number of nitrogens with zero attached hydrogens (tertiary/aromatic N) is 1. The number of amides is 2. The van der Waals surface area contributed by atoms with Gasteiger partial charge in [-0.3, -0.25) is 14.4 Å². The number of esters is 1. The number of fused-ring (bicyclic) bond motifs is 5. The molecule has 112 valence electrons. The van der Waals surface area contributed by atoms with Gasteiger partial charge in [0.15, 0.2) is 5.75 Å². The van der Waals surface area contributed by atoms with E-state index in [1.54, 1.807) is 24.3 Å². The summed E-state index contributed by atoms with van der Waals surface area (Å²) in [5, 5.41) is 0. The highest BCUT2D eigenvalue weighted by Gasteiger charge is 2.61. The van der Waals surface area contributed by atoms with Crippen LogP contribution in [0.25, 0.3) is 0 Å². The van der Waals surface area contributed by atoms with E-state index in [4.69, 9.17) is 9.47 Å². The summed E-state index contributed by atoms with van der Waals surface area (Å²) in [5.74, 6) is -1.85. The number of imide groups is 1. The first kappa shape index (κ1) is 13.2. The van der Waals surface area contributed by atoms with Crippen molar-refractivity contribution in [1.29, 1.82) is 0 Å². The van der Waals surface area contributed by atoms with E-state index in [-0.39, 0.29) is 29.8 Å². The predicted octanol–water partition coefficient (Wildman–Crippen LogP) is 1.05. The van der Waals surface area contributed by atoms with Crippen molar-refractivity contribution in [3.8, 4) is 5.75 Å². The maximum absolute atomic E-state index is 12.7. The molecule has 0 unspecified atom stereocenters. The highest BCUT2D eigenvalue weighted by Crippen LogP contribution is 2.47. The first-order valence-corrected chi connectivity index (χ1v) is 7.07. The Morgan fingerprint density at radius 1 is 1.09 bits per heavy atom. The third-order valence-electron chi connectivity index (χ3n) is 4.27. The van der Waals surface area contributed by atoms with E-state index in [1.807, 2.05) is 12.2 Å². The molecule has 1 aromatic carbocycles. The molecule has 4 atom stereocenters. The highest BCUT2D eigenvalue weighted by molar-refractivity contribution is 6.23. The molecule has 1 aromatic rings. The minimum atomic E-state index is -0.503. The first-order chi connectivity index (χ1) is 10.6. The van der Waals surface area contributed by atoms with E-state index in [0.717, 1.165) is 4.90 Å².